The average Bonchev–Trinajstić information content (AvgIpc) is 2.23. The van der Waals surface area contributed by atoms with Gasteiger partial charge in [0.25, 0.3) is 5.56 Å². The highest BCUT2D eigenvalue weighted by Crippen LogP contribution is 2.27. The Labute approximate surface area is 116 Å². The first-order valence-corrected chi connectivity index (χ1v) is 6.82. The maximum atomic E-state index is 11.4. The lowest BCUT2D eigenvalue weighted by Gasteiger charge is -2.04. The van der Waals surface area contributed by atoms with Gasteiger partial charge in [-0.2, -0.15) is 0 Å². The Hall–Kier alpha value is -0.890. The third-order valence-corrected chi connectivity index (χ3v) is 4.33. The molecule has 0 aliphatic carbocycles. The van der Waals surface area contributed by atoms with Gasteiger partial charge in [0.15, 0.2) is 0 Å². The van der Waals surface area contributed by atoms with Crippen molar-refractivity contribution in [2.75, 3.05) is 0 Å². The van der Waals surface area contributed by atoms with E-state index in [4.69, 9.17) is 0 Å². The molecular weight excluding hydrogens is 349 g/mol. The fourth-order valence-corrected chi connectivity index (χ4v) is 2.94. The summed E-state index contributed by atoms with van der Waals surface area (Å²) < 4.78 is 0.594. The van der Waals surface area contributed by atoms with Crippen molar-refractivity contribution in [2.45, 2.75) is 23.9 Å². The zero-order valence-corrected chi connectivity index (χ0v) is 12.3. The van der Waals surface area contributed by atoms with Gasteiger partial charge in [0, 0.05) is 5.69 Å². The number of hydrogen-bond donors (Lipinski definition) is 1. The van der Waals surface area contributed by atoms with Gasteiger partial charge in [0.2, 0.25) is 0 Å². The van der Waals surface area contributed by atoms with Crippen LogP contribution in [-0.2, 0) is 0 Å². The zero-order chi connectivity index (χ0) is 12.4. The zero-order valence-electron chi connectivity index (χ0n) is 9.32. The van der Waals surface area contributed by atoms with Crippen LogP contribution < -0.4 is 5.56 Å². The molecule has 0 saturated heterocycles. The first-order chi connectivity index (χ1) is 8.06. The maximum Gasteiger partial charge on any atom is 0.265 e. The minimum atomic E-state index is -0.118. The Morgan fingerprint density at radius 1 is 1.35 bits per heavy atom. The van der Waals surface area contributed by atoms with E-state index in [0.717, 1.165) is 16.3 Å². The summed E-state index contributed by atoms with van der Waals surface area (Å²) in [5.74, 6) is 0. The number of aromatic amines is 1. The number of nitrogens with one attached hydrogen (secondary N) is 1. The summed E-state index contributed by atoms with van der Waals surface area (Å²) in [6.45, 7) is 3.97. The molecule has 2 aromatic heterocycles. The van der Waals surface area contributed by atoms with Gasteiger partial charge in [-0.25, -0.2) is 9.97 Å². The summed E-state index contributed by atoms with van der Waals surface area (Å²) in [4.78, 5) is 22.5. The molecule has 0 aromatic carbocycles. The molecule has 0 aliphatic rings. The third-order valence-electron chi connectivity index (χ3n) is 2.04. The number of hydrogen-bond acceptors (Lipinski definition) is 4. The molecular formula is C11H10IN3OS. The monoisotopic (exact) mass is 359 g/mol. The molecule has 6 heteroatoms. The van der Waals surface area contributed by atoms with Gasteiger partial charge in [-0.3, -0.25) is 4.79 Å². The number of aromatic nitrogens is 3. The molecule has 0 aliphatic heterocycles. The van der Waals surface area contributed by atoms with Gasteiger partial charge in [-0.15, -0.1) is 0 Å². The maximum absolute atomic E-state index is 11.4. The molecule has 17 heavy (non-hydrogen) atoms. The van der Waals surface area contributed by atoms with Crippen LogP contribution in [0.2, 0.25) is 0 Å². The molecule has 0 bridgehead atoms. The first-order valence-electron chi connectivity index (χ1n) is 4.92. The molecule has 0 amide bonds. The van der Waals surface area contributed by atoms with Crippen LogP contribution in [0.4, 0.5) is 0 Å². The van der Waals surface area contributed by atoms with Gasteiger partial charge in [-0.1, -0.05) is 0 Å². The molecule has 2 rings (SSSR count). The molecule has 2 aromatic rings. The number of halogens is 1. The summed E-state index contributed by atoms with van der Waals surface area (Å²) in [6, 6.07) is 4.00. The van der Waals surface area contributed by atoms with Gasteiger partial charge in [0.05, 0.1) is 6.33 Å². The van der Waals surface area contributed by atoms with Crippen LogP contribution >= 0.6 is 34.4 Å². The number of aryl methyl sites for hydroxylation is 2. The SMILES string of the molecule is Cc1cc(C)nc(Sc2nc[nH]c(=O)c2I)c1. The third kappa shape index (κ3) is 3.06. The predicted molar refractivity (Wildman–Crippen MR) is 75.4 cm³/mol. The molecule has 4 nitrogen and oxygen atoms in total. The minimum absolute atomic E-state index is 0.118. The van der Waals surface area contributed by atoms with Gasteiger partial charge in [-0.05, 0) is 65.9 Å². The van der Waals surface area contributed by atoms with Crippen molar-refractivity contribution in [2.24, 2.45) is 0 Å². The van der Waals surface area contributed by atoms with E-state index in [0.29, 0.717) is 8.60 Å². The summed E-state index contributed by atoms with van der Waals surface area (Å²) in [5.41, 5.74) is 2.00. The van der Waals surface area contributed by atoms with Gasteiger partial charge >= 0.3 is 0 Å². The van der Waals surface area contributed by atoms with Crippen molar-refractivity contribution >= 4 is 34.4 Å². The predicted octanol–water partition coefficient (Wildman–Crippen LogP) is 2.54. The lowest BCUT2D eigenvalue weighted by atomic mass is 10.3. The molecule has 2 heterocycles. The van der Waals surface area contributed by atoms with Crippen molar-refractivity contribution in [3.8, 4) is 0 Å². The molecule has 0 unspecified atom stereocenters. The standard InChI is InChI=1S/C11H10IN3OS/c1-6-3-7(2)15-8(4-6)17-11-9(12)10(16)13-5-14-11/h3-5H,1-2H3,(H,13,14,16). The van der Waals surface area contributed by atoms with Crippen molar-refractivity contribution in [3.63, 3.8) is 0 Å². The van der Waals surface area contributed by atoms with Gasteiger partial charge < -0.3 is 4.98 Å². The summed E-state index contributed by atoms with van der Waals surface area (Å²) in [5, 5.41) is 1.55. The smallest absolute Gasteiger partial charge is 0.265 e. The second kappa shape index (κ2) is 5.18. The van der Waals surface area contributed by atoms with Crippen LogP contribution in [0.15, 0.2) is 33.3 Å². The minimum Gasteiger partial charge on any atom is -0.312 e. The number of H-pyrrole nitrogens is 1. The van der Waals surface area contributed by atoms with E-state index in [-0.39, 0.29) is 5.56 Å². The molecule has 0 radical (unpaired) electrons. The Morgan fingerprint density at radius 3 is 2.82 bits per heavy atom. The van der Waals surface area contributed by atoms with E-state index in [1.807, 2.05) is 48.6 Å². The first kappa shape index (κ1) is 12.6. The van der Waals surface area contributed by atoms with Crippen LogP contribution in [0.25, 0.3) is 0 Å². The van der Waals surface area contributed by atoms with Crippen molar-refractivity contribution in [1.82, 2.24) is 15.0 Å². The van der Waals surface area contributed by atoms with E-state index in [9.17, 15) is 4.79 Å². The highest BCUT2D eigenvalue weighted by Gasteiger charge is 2.08. The second-order valence-corrected chi connectivity index (χ2v) is 5.66. The fraction of sp³-hybridized carbons (Fsp3) is 0.182. The Kier molecular flexibility index (Phi) is 3.82. The molecule has 0 atom stereocenters. The molecule has 88 valence electrons. The van der Waals surface area contributed by atoms with E-state index in [2.05, 4.69) is 15.0 Å². The van der Waals surface area contributed by atoms with E-state index in [1.165, 1.54) is 18.1 Å². The lowest BCUT2D eigenvalue weighted by molar-refractivity contribution is 0.977. The molecule has 1 N–H and O–H groups in total. The fourth-order valence-electron chi connectivity index (χ4n) is 1.39. The van der Waals surface area contributed by atoms with Crippen LogP contribution in [-0.4, -0.2) is 15.0 Å². The highest BCUT2D eigenvalue weighted by atomic mass is 127. The van der Waals surface area contributed by atoms with E-state index >= 15 is 0 Å². The largest absolute Gasteiger partial charge is 0.312 e. The summed E-state index contributed by atoms with van der Waals surface area (Å²) in [6.07, 6.45) is 1.41. The Bertz CT molecular complexity index is 592. The highest BCUT2D eigenvalue weighted by molar-refractivity contribution is 14.1. The topological polar surface area (TPSA) is 58.6 Å². The van der Waals surface area contributed by atoms with E-state index in [1.54, 1.807) is 0 Å². The van der Waals surface area contributed by atoms with Crippen LogP contribution in [0.5, 0.6) is 0 Å². The van der Waals surface area contributed by atoms with Crippen LogP contribution in [0.1, 0.15) is 11.3 Å². The quantitative estimate of drug-likeness (QED) is 0.661. The number of rotatable bonds is 2. The number of pyridine rings is 1. The van der Waals surface area contributed by atoms with Crippen molar-refractivity contribution in [1.29, 1.82) is 0 Å². The van der Waals surface area contributed by atoms with Crippen molar-refractivity contribution < 1.29 is 0 Å². The average molecular weight is 359 g/mol. The molecule has 0 saturated carbocycles. The van der Waals surface area contributed by atoms with E-state index < -0.39 is 0 Å². The second-order valence-electron chi connectivity index (χ2n) is 3.58. The van der Waals surface area contributed by atoms with Crippen LogP contribution in [0.3, 0.4) is 0 Å². The molecule has 0 spiro atoms. The van der Waals surface area contributed by atoms with Crippen molar-refractivity contribution in [3.05, 3.63) is 43.6 Å². The van der Waals surface area contributed by atoms with Gasteiger partial charge in [0.1, 0.15) is 13.6 Å². The lowest BCUT2D eigenvalue weighted by Crippen LogP contribution is -2.11. The van der Waals surface area contributed by atoms with Crippen LogP contribution in [0, 0.1) is 17.4 Å². The normalized spacial score (nSPS) is 10.5. The summed E-state index contributed by atoms with van der Waals surface area (Å²) >= 11 is 3.40. The molecule has 0 fully saturated rings. The Balaban J connectivity index is 2.38. The number of nitrogens with zero attached hydrogens (tertiary/aromatic N) is 2. The summed E-state index contributed by atoms with van der Waals surface area (Å²) in [7, 11) is 0. The Morgan fingerprint density at radius 2 is 2.12 bits per heavy atom.